The van der Waals surface area contributed by atoms with Crippen molar-refractivity contribution in [1.29, 1.82) is 0 Å². The topological polar surface area (TPSA) is 39.7 Å². The van der Waals surface area contributed by atoms with E-state index in [1.165, 1.54) is 0 Å². The summed E-state index contributed by atoms with van der Waals surface area (Å²) in [6.07, 6.45) is 0.798. The lowest BCUT2D eigenvalue weighted by molar-refractivity contribution is -0.0748. The molecule has 5 heteroatoms. The molecule has 0 bridgehead atoms. The van der Waals surface area contributed by atoms with Crippen molar-refractivity contribution in [2.75, 3.05) is 19.0 Å². The van der Waals surface area contributed by atoms with Gasteiger partial charge in [-0.1, -0.05) is 15.9 Å². The highest BCUT2D eigenvalue weighted by Gasteiger charge is 2.42. The molecule has 0 aliphatic carbocycles. The number of rotatable bonds is 3. The van der Waals surface area contributed by atoms with Gasteiger partial charge in [0.15, 0.2) is 0 Å². The minimum atomic E-state index is -0.192. The second-order valence-electron chi connectivity index (χ2n) is 5.84. The van der Waals surface area contributed by atoms with Crippen molar-refractivity contribution < 1.29 is 14.2 Å². The number of hydrogen-bond acceptors (Lipinski definition) is 4. The lowest BCUT2D eigenvalue weighted by atomic mass is 9.88. The normalized spacial score (nSPS) is 25.2. The van der Waals surface area contributed by atoms with Gasteiger partial charge in [0.25, 0.3) is 0 Å². The maximum absolute atomic E-state index is 6.04. The van der Waals surface area contributed by atoms with E-state index in [9.17, 15) is 0 Å². The molecule has 4 rings (SSSR count). The molecular weight excluding hydrogens is 358 g/mol. The Morgan fingerprint density at radius 1 is 1.17 bits per heavy atom. The fraction of sp³-hybridized carbons (Fsp3) is 0.333. The van der Waals surface area contributed by atoms with Crippen LogP contribution in [0, 0.1) is 5.92 Å². The molecule has 0 radical (unpaired) electrons. The Morgan fingerprint density at radius 3 is 2.78 bits per heavy atom. The Hall–Kier alpha value is -1.72. The van der Waals surface area contributed by atoms with E-state index in [-0.39, 0.29) is 12.3 Å². The molecular formula is C18H18BrNO3. The molecule has 0 spiro atoms. The number of halogens is 1. The van der Waals surface area contributed by atoms with Crippen LogP contribution in [0.1, 0.15) is 18.0 Å². The first-order valence-corrected chi connectivity index (χ1v) is 8.52. The summed E-state index contributed by atoms with van der Waals surface area (Å²) in [5.41, 5.74) is 2.24. The van der Waals surface area contributed by atoms with Crippen LogP contribution >= 0.6 is 15.9 Å². The molecule has 120 valence electrons. The molecule has 0 aromatic heterocycles. The Labute approximate surface area is 143 Å². The molecule has 1 saturated heterocycles. The number of methoxy groups -OCH3 is 1. The van der Waals surface area contributed by atoms with Crippen LogP contribution in [0.3, 0.4) is 0 Å². The fourth-order valence-electron chi connectivity index (χ4n) is 3.29. The van der Waals surface area contributed by atoms with Gasteiger partial charge in [-0.15, -0.1) is 0 Å². The highest BCUT2D eigenvalue weighted by Crippen LogP contribution is 2.45. The van der Waals surface area contributed by atoms with Crippen LogP contribution in [-0.4, -0.2) is 20.0 Å². The van der Waals surface area contributed by atoms with Crippen LogP contribution in [0.2, 0.25) is 0 Å². The van der Waals surface area contributed by atoms with Gasteiger partial charge in [0.05, 0.1) is 19.8 Å². The zero-order valence-electron chi connectivity index (χ0n) is 12.8. The van der Waals surface area contributed by atoms with Crippen molar-refractivity contribution in [3.63, 3.8) is 0 Å². The molecule has 2 aromatic carbocycles. The zero-order chi connectivity index (χ0) is 15.8. The van der Waals surface area contributed by atoms with Gasteiger partial charge in [0.1, 0.15) is 11.5 Å². The second kappa shape index (κ2) is 6.06. The van der Waals surface area contributed by atoms with Crippen LogP contribution in [-0.2, 0) is 4.74 Å². The summed E-state index contributed by atoms with van der Waals surface area (Å²) in [4.78, 5) is 0. The minimum Gasteiger partial charge on any atom is -0.497 e. The van der Waals surface area contributed by atoms with E-state index < -0.39 is 0 Å². The van der Waals surface area contributed by atoms with Gasteiger partial charge in [-0.3, -0.25) is 0 Å². The number of fused-ring (bicyclic) bond motifs is 2. The van der Waals surface area contributed by atoms with Crippen molar-refractivity contribution >= 4 is 21.6 Å². The van der Waals surface area contributed by atoms with Crippen molar-refractivity contribution in [1.82, 2.24) is 0 Å². The van der Waals surface area contributed by atoms with Gasteiger partial charge in [-0.2, -0.15) is 0 Å². The Balaban J connectivity index is 1.70. The predicted octanol–water partition coefficient (Wildman–Crippen LogP) is 4.37. The number of benzene rings is 2. The number of ether oxygens (including phenoxy) is 3. The van der Waals surface area contributed by atoms with E-state index in [4.69, 9.17) is 14.2 Å². The standard InChI is InChI=1S/C18H18BrNO3/c1-21-13-6-7-14-16(10-13)23-18-15(8-9-22-18)17(14)20-12-4-2-11(19)3-5-12/h2-7,10,15,17-18,20H,8-9H2,1H3/t15-,17-,18+/m1/s1. The molecule has 3 atom stereocenters. The van der Waals surface area contributed by atoms with E-state index in [1.54, 1.807) is 7.11 Å². The molecule has 2 aliphatic heterocycles. The molecule has 1 N–H and O–H groups in total. The molecule has 0 unspecified atom stereocenters. The van der Waals surface area contributed by atoms with Gasteiger partial charge in [-0.25, -0.2) is 0 Å². The highest BCUT2D eigenvalue weighted by molar-refractivity contribution is 9.10. The third-order valence-electron chi connectivity index (χ3n) is 4.48. The number of hydrogen-bond donors (Lipinski definition) is 1. The predicted molar refractivity (Wildman–Crippen MR) is 92.0 cm³/mol. The Morgan fingerprint density at radius 2 is 2.00 bits per heavy atom. The summed E-state index contributed by atoms with van der Waals surface area (Å²) in [5, 5.41) is 3.65. The fourth-order valence-corrected chi connectivity index (χ4v) is 3.56. The third kappa shape index (κ3) is 2.79. The lowest BCUT2D eigenvalue weighted by Crippen LogP contribution is -2.36. The first-order valence-electron chi connectivity index (χ1n) is 7.73. The summed E-state index contributed by atoms with van der Waals surface area (Å²) in [6.45, 7) is 0.735. The maximum atomic E-state index is 6.04. The van der Waals surface area contributed by atoms with E-state index in [0.717, 1.165) is 40.3 Å². The average Bonchev–Trinajstić information content (AvgIpc) is 3.04. The van der Waals surface area contributed by atoms with Gasteiger partial charge in [0, 0.05) is 27.7 Å². The Kier molecular flexibility index (Phi) is 3.91. The summed E-state index contributed by atoms with van der Waals surface area (Å²) in [5.74, 6) is 1.93. The second-order valence-corrected chi connectivity index (χ2v) is 6.76. The summed E-state index contributed by atoms with van der Waals surface area (Å²) < 4.78 is 18.2. The average molecular weight is 376 g/mol. The quantitative estimate of drug-likeness (QED) is 0.864. The largest absolute Gasteiger partial charge is 0.497 e. The van der Waals surface area contributed by atoms with Gasteiger partial charge < -0.3 is 19.5 Å². The summed E-state index contributed by atoms with van der Waals surface area (Å²) in [7, 11) is 1.66. The van der Waals surface area contributed by atoms with Crippen molar-refractivity contribution in [3.05, 3.63) is 52.5 Å². The molecule has 2 aromatic rings. The Bertz CT molecular complexity index is 704. The van der Waals surface area contributed by atoms with Crippen molar-refractivity contribution in [3.8, 4) is 11.5 Å². The maximum Gasteiger partial charge on any atom is 0.205 e. The summed E-state index contributed by atoms with van der Waals surface area (Å²) >= 11 is 3.48. The molecule has 0 amide bonds. The van der Waals surface area contributed by atoms with E-state index in [1.807, 2.05) is 24.3 Å². The number of anilines is 1. The summed E-state index contributed by atoms with van der Waals surface area (Å²) in [6, 6.07) is 14.4. The van der Waals surface area contributed by atoms with Crippen LogP contribution in [0.15, 0.2) is 46.9 Å². The van der Waals surface area contributed by atoms with Crippen molar-refractivity contribution in [2.24, 2.45) is 5.92 Å². The van der Waals surface area contributed by atoms with Crippen LogP contribution < -0.4 is 14.8 Å². The molecule has 2 heterocycles. The van der Waals surface area contributed by atoms with E-state index in [0.29, 0.717) is 5.92 Å². The molecule has 2 aliphatic rings. The smallest absolute Gasteiger partial charge is 0.205 e. The van der Waals surface area contributed by atoms with Gasteiger partial charge in [-0.05, 0) is 42.8 Å². The molecule has 1 fully saturated rings. The molecule has 4 nitrogen and oxygen atoms in total. The van der Waals surface area contributed by atoms with Crippen LogP contribution in [0.25, 0.3) is 0 Å². The minimum absolute atomic E-state index is 0.165. The number of nitrogens with one attached hydrogen (secondary N) is 1. The molecule has 23 heavy (non-hydrogen) atoms. The van der Waals surface area contributed by atoms with Crippen molar-refractivity contribution in [2.45, 2.75) is 18.8 Å². The SMILES string of the molecule is COc1ccc2c(c1)O[C@@H]1OCC[C@@H]1[C@@H]2Nc1ccc(Br)cc1. The third-order valence-corrected chi connectivity index (χ3v) is 5.01. The van der Waals surface area contributed by atoms with Gasteiger partial charge in [0.2, 0.25) is 6.29 Å². The molecule has 0 saturated carbocycles. The van der Waals surface area contributed by atoms with E-state index in [2.05, 4.69) is 39.4 Å². The monoisotopic (exact) mass is 375 g/mol. The van der Waals surface area contributed by atoms with Crippen LogP contribution in [0.4, 0.5) is 5.69 Å². The lowest BCUT2D eigenvalue weighted by Gasteiger charge is -2.36. The van der Waals surface area contributed by atoms with Gasteiger partial charge >= 0.3 is 0 Å². The first kappa shape index (κ1) is 14.8. The first-order chi connectivity index (χ1) is 11.2. The zero-order valence-corrected chi connectivity index (χ0v) is 14.4. The van der Waals surface area contributed by atoms with E-state index >= 15 is 0 Å². The highest BCUT2D eigenvalue weighted by atomic mass is 79.9. The van der Waals surface area contributed by atoms with Crippen LogP contribution in [0.5, 0.6) is 11.5 Å².